The number of nitrogens with zero attached hydrogens (tertiary/aromatic N) is 3. The van der Waals surface area contributed by atoms with E-state index >= 15 is 0 Å². The molecule has 0 unspecified atom stereocenters. The Morgan fingerprint density at radius 3 is 2.30 bits per heavy atom. The second-order valence-electron chi connectivity index (χ2n) is 6.14. The standard InChI is InChI=1S/C19H16FN3O3S/c20-15-3-1-13(2-4-15)17-21-16(12-27-17)19(25)23-8-6-22(7-9-23)18(24)14-5-10-26-11-14/h1-5,10-12H,6-9H2. The zero-order valence-electron chi connectivity index (χ0n) is 14.3. The molecule has 1 fully saturated rings. The minimum Gasteiger partial charge on any atom is -0.472 e. The van der Waals surface area contributed by atoms with Crippen LogP contribution in [-0.2, 0) is 0 Å². The summed E-state index contributed by atoms with van der Waals surface area (Å²) in [6, 6.07) is 7.65. The molecule has 0 aliphatic carbocycles. The topological polar surface area (TPSA) is 66.7 Å². The summed E-state index contributed by atoms with van der Waals surface area (Å²) in [4.78, 5) is 32.8. The average Bonchev–Trinajstić information content (AvgIpc) is 3.40. The number of carbonyl (C=O) groups excluding carboxylic acids is 2. The van der Waals surface area contributed by atoms with Crippen molar-refractivity contribution in [1.29, 1.82) is 0 Å². The smallest absolute Gasteiger partial charge is 0.273 e. The Morgan fingerprint density at radius 2 is 1.67 bits per heavy atom. The van der Waals surface area contributed by atoms with E-state index in [1.54, 1.807) is 33.4 Å². The number of piperazine rings is 1. The predicted octanol–water partition coefficient (Wildman–Crippen LogP) is 3.14. The number of furan rings is 1. The van der Waals surface area contributed by atoms with Crippen LogP contribution in [0.25, 0.3) is 10.6 Å². The van der Waals surface area contributed by atoms with Gasteiger partial charge in [-0.05, 0) is 30.3 Å². The quantitative estimate of drug-likeness (QED) is 0.695. The van der Waals surface area contributed by atoms with E-state index < -0.39 is 0 Å². The lowest BCUT2D eigenvalue weighted by molar-refractivity contribution is 0.0532. The van der Waals surface area contributed by atoms with Gasteiger partial charge in [-0.2, -0.15) is 0 Å². The van der Waals surface area contributed by atoms with Gasteiger partial charge in [0.05, 0.1) is 11.8 Å². The van der Waals surface area contributed by atoms with Gasteiger partial charge in [-0.3, -0.25) is 9.59 Å². The Hall–Kier alpha value is -3.00. The van der Waals surface area contributed by atoms with Gasteiger partial charge in [-0.25, -0.2) is 9.37 Å². The Morgan fingerprint density at radius 1 is 1.00 bits per heavy atom. The van der Waals surface area contributed by atoms with Gasteiger partial charge in [-0.1, -0.05) is 0 Å². The number of aromatic nitrogens is 1. The Bertz CT molecular complexity index is 945. The second-order valence-corrected chi connectivity index (χ2v) is 7.00. The monoisotopic (exact) mass is 385 g/mol. The van der Waals surface area contributed by atoms with Crippen LogP contribution in [0.15, 0.2) is 52.7 Å². The van der Waals surface area contributed by atoms with Crippen LogP contribution in [-0.4, -0.2) is 52.8 Å². The van der Waals surface area contributed by atoms with Crippen molar-refractivity contribution in [3.8, 4) is 10.6 Å². The molecule has 0 atom stereocenters. The van der Waals surface area contributed by atoms with E-state index in [0.29, 0.717) is 42.4 Å². The van der Waals surface area contributed by atoms with Crippen LogP contribution >= 0.6 is 11.3 Å². The molecule has 27 heavy (non-hydrogen) atoms. The molecule has 1 aromatic carbocycles. The van der Waals surface area contributed by atoms with Crippen molar-refractivity contribution in [2.75, 3.05) is 26.2 Å². The van der Waals surface area contributed by atoms with Gasteiger partial charge in [0.25, 0.3) is 11.8 Å². The van der Waals surface area contributed by atoms with Crippen molar-refractivity contribution in [3.05, 3.63) is 65.3 Å². The molecule has 3 aromatic rings. The van der Waals surface area contributed by atoms with Crippen molar-refractivity contribution in [3.63, 3.8) is 0 Å². The highest BCUT2D eigenvalue weighted by Gasteiger charge is 2.27. The van der Waals surface area contributed by atoms with E-state index in [1.807, 2.05) is 0 Å². The minimum absolute atomic E-state index is 0.0943. The molecule has 0 bridgehead atoms. The molecule has 2 amide bonds. The van der Waals surface area contributed by atoms with Crippen LogP contribution in [0.4, 0.5) is 4.39 Å². The highest BCUT2D eigenvalue weighted by atomic mass is 32.1. The van der Waals surface area contributed by atoms with Crippen LogP contribution in [0, 0.1) is 5.82 Å². The molecule has 1 aliphatic rings. The van der Waals surface area contributed by atoms with Crippen molar-refractivity contribution < 1.29 is 18.4 Å². The molecule has 6 nitrogen and oxygen atoms in total. The molecule has 1 saturated heterocycles. The SMILES string of the molecule is O=C(c1ccoc1)N1CCN(C(=O)c2csc(-c3ccc(F)cc3)n2)CC1. The number of benzene rings is 1. The van der Waals surface area contributed by atoms with Crippen molar-refractivity contribution in [1.82, 2.24) is 14.8 Å². The van der Waals surface area contributed by atoms with E-state index in [1.165, 1.54) is 36.0 Å². The summed E-state index contributed by atoms with van der Waals surface area (Å²) < 4.78 is 18.0. The Balaban J connectivity index is 1.40. The summed E-state index contributed by atoms with van der Waals surface area (Å²) in [5.74, 6) is -0.562. The third-order valence-electron chi connectivity index (χ3n) is 4.44. The molecule has 4 rings (SSSR count). The van der Waals surface area contributed by atoms with E-state index in [-0.39, 0.29) is 17.6 Å². The first kappa shape index (κ1) is 17.4. The van der Waals surface area contributed by atoms with Gasteiger partial charge in [0, 0.05) is 37.1 Å². The summed E-state index contributed by atoms with van der Waals surface area (Å²) in [5.41, 5.74) is 1.66. The lowest BCUT2D eigenvalue weighted by Crippen LogP contribution is -2.50. The largest absolute Gasteiger partial charge is 0.472 e. The predicted molar refractivity (Wildman–Crippen MR) is 98.0 cm³/mol. The van der Waals surface area contributed by atoms with Gasteiger partial charge in [0.1, 0.15) is 22.8 Å². The highest BCUT2D eigenvalue weighted by molar-refractivity contribution is 7.13. The van der Waals surface area contributed by atoms with Gasteiger partial charge < -0.3 is 14.2 Å². The summed E-state index contributed by atoms with van der Waals surface area (Å²) in [7, 11) is 0. The number of hydrogen-bond acceptors (Lipinski definition) is 5. The van der Waals surface area contributed by atoms with Crippen molar-refractivity contribution in [2.24, 2.45) is 0 Å². The Labute approximate surface area is 158 Å². The molecule has 0 radical (unpaired) electrons. The maximum Gasteiger partial charge on any atom is 0.273 e. The fraction of sp³-hybridized carbons (Fsp3) is 0.211. The zero-order valence-corrected chi connectivity index (χ0v) is 15.1. The van der Waals surface area contributed by atoms with Gasteiger partial charge in [-0.15, -0.1) is 11.3 Å². The van der Waals surface area contributed by atoms with Crippen LogP contribution in [0.1, 0.15) is 20.8 Å². The fourth-order valence-corrected chi connectivity index (χ4v) is 3.74. The molecular weight excluding hydrogens is 369 g/mol. The maximum atomic E-state index is 13.0. The van der Waals surface area contributed by atoms with E-state index in [2.05, 4.69) is 4.98 Å². The van der Waals surface area contributed by atoms with Crippen LogP contribution in [0.2, 0.25) is 0 Å². The molecular formula is C19H16FN3O3S. The van der Waals surface area contributed by atoms with E-state index in [4.69, 9.17) is 4.42 Å². The van der Waals surface area contributed by atoms with Crippen LogP contribution in [0.5, 0.6) is 0 Å². The fourth-order valence-electron chi connectivity index (χ4n) is 2.94. The summed E-state index contributed by atoms with van der Waals surface area (Å²) >= 11 is 1.35. The second kappa shape index (κ2) is 7.32. The zero-order chi connectivity index (χ0) is 18.8. The highest BCUT2D eigenvalue weighted by Crippen LogP contribution is 2.24. The lowest BCUT2D eigenvalue weighted by Gasteiger charge is -2.34. The van der Waals surface area contributed by atoms with Crippen LogP contribution in [0.3, 0.4) is 0 Å². The molecule has 0 saturated carbocycles. The summed E-state index contributed by atoms with van der Waals surface area (Å²) in [5, 5.41) is 2.39. The normalized spacial score (nSPS) is 14.4. The average molecular weight is 385 g/mol. The van der Waals surface area contributed by atoms with Gasteiger partial charge >= 0.3 is 0 Å². The van der Waals surface area contributed by atoms with E-state index in [9.17, 15) is 14.0 Å². The molecule has 0 N–H and O–H groups in total. The number of rotatable bonds is 3. The number of hydrogen-bond donors (Lipinski definition) is 0. The van der Waals surface area contributed by atoms with Crippen molar-refractivity contribution in [2.45, 2.75) is 0 Å². The molecule has 2 aromatic heterocycles. The Kier molecular flexibility index (Phi) is 4.72. The van der Waals surface area contributed by atoms with Crippen LogP contribution < -0.4 is 0 Å². The number of halogens is 1. The van der Waals surface area contributed by atoms with E-state index in [0.717, 1.165) is 5.56 Å². The third-order valence-corrected chi connectivity index (χ3v) is 5.33. The molecule has 8 heteroatoms. The summed E-state index contributed by atoms with van der Waals surface area (Å²) in [6.45, 7) is 1.83. The summed E-state index contributed by atoms with van der Waals surface area (Å²) in [6.07, 6.45) is 2.89. The third kappa shape index (κ3) is 3.61. The first-order chi connectivity index (χ1) is 13.1. The first-order valence-corrected chi connectivity index (χ1v) is 9.32. The maximum absolute atomic E-state index is 13.0. The molecule has 0 spiro atoms. The molecule has 3 heterocycles. The molecule has 1 aliphatic heterocycles. The number of thiazole rings is 1. The number of amides is 2. The minimum atomic E-state index is -0.311. The van der Waals surface area contributed by atoms with Gasteiger partial charge in [0.15, 0.2) is 0 Å². The number of carbonyl (C=O) groups is 2. The van der Waals surface area contributed by atoms with Gasteiger partial charge in [0.2, 0.25) is 0 Å². The first-order valence-electron chi connectivity index (χ1n) is 8.44. The lowest BCUT2D eigenvalue weighted by atomic mass is 10.2. The van der Waals surface area contributed by atoms with Crippen molar-refractivity contribution >= 4 is 23.2 Å². The molecule has 138 valence electrons.